The molecule has 0 amide bonds. The van der Waals surface area contributed by atoms with Gasteiger partial charge in [0.15, 0.2) is 0 Å². The molecule has 5 heteroatoms. The van der Waals surface area contributed by atoms with Crippen molar-refractivity contribution in [2.24, 2.45) is 0 Å². The Labute approximate surface area is 133 Å². The molecule has 0 atom stereocenters. The number of aryl methyl sites for hydroxylation is 1. The summed E-state index contributed by atoms with van der Waals surface area (Å²) in [5.41, 5.74) is 2.01. The van der Waals surface area contributed by atoms with Crippen LogP contribution in [0.1, 0.15) is 25.0 Å². The van der Waals surface area contributed by atoms with Gasteiger partial charge in [0.25, 0.3) is 0 Å². The fourth-order valence-corrected chi connectivity index (χ4v) is 2.97. The lowest BCUT2D eigenvalue weighted by atomic mass is 10.1. The van der Waals surface area contributed by atoms with Crippen LogP contribution in [0.25, 0.3) is 0 Å². The lowest BCUT2D eigenvalue weighted by Gasteiger charge is -2.27. The van der Waals surface area contributed by atoms with E-state index < -0.39 is 0 Å². The van der Waals surface area contributed by atoms with Crippen LogP contribution in [0, 0.1) is 6.92 Å². The predicted molar refractivity (Wildman–Crippen MR) is 90.3 cm³/mol. The molecule has 1 aliphatic rings. The first kappa shape index (κ1) is 14.3. The van der Waals surface area contributed by atoms with E-state index in [1.807, 2.05) is 37.3 Å². The lowest BCUT2D eigenvalue weighted by molar-refractivity contribution is 0.568. The molecule has 3 rings (SSSR count). The van der Waals surface area contributed by atoms with Gasteiger partial charge in [-0.15, -0.1) is 0 Å². The van der Waals surface area contributed by atoms with Gasteiger partial charge >= 0.3 is 0 Å². The van der Waals surface area contributed by atoms with Gasteiger partial charge in [0, 0.05) is 35.0 Å². The number of nitrogens with one attached hydrogen (secondary N) is 1. The van der Waals surface area contributed by atoms with Gasteiger partial charge in [0.1, 0.15) is 5.82 Å². The Hall–Kier alpha value is -1.62. The minimum atomic E-state index is 0.840. The maximum atomic E-state index is 4.67. The van der Waals surface area contributed by atoms with Crippen molar-refractivity contribution in [2.45, 2.75) is 26.2 Å². The Bertz CT molecular complexity index is 623. The molecule has 2 heterocycles. The Balaban J connectivity index is 1.83. The van der Waals surface area contributed by atoms with Crippen LogP contribution in [0.2, 0.25) is 0 Å². The molecule has 1 aromatic heterocycles. The normalized spacial score (nSPS) is 15.0. The third kappa shape index (κ3) is 3.73. The molecular weight excluding hydrogens is 328 g/mol. The van der Waals surface area contributed by atoms with Crippen LogP contribution in [-0.4, -0.2) is 23.1 Å². The van der Waals surface area contributed by atoms with Gasteiger partial charge in [-0.2, -0.15) is 4.98 Å². The van der Waals surface area contributed by atoms with Crippen molar-refractivity contribution < 1.29 is 0 Å². The van der Waals surface area contributed by atoms with Crippen molar-refractivity contribution in [1.82, 2.24) is 9.97 Å². The Morgan fingerprint density at radius 1 is 1.10 bits per heavy atom. The maximum Gasteiger partial charge on any atom is 0.227 e. The van der Waals surface area contributed by atoms with Crippen LogP contribution >= 0.6 is 15.9 Å². The van der Waals surface area contributed by atoms with Crippen LogP contribution < -0.4 is 10.2 Å². The van der Waals surface area contributed by atoms with E-state index in [0.29, 0.717) is 0 Å². The summed E-state index contributed by atoms with van der Waals surface area (Å²) in [5, 5.41) is 3.36. The third-order valence-corrected chi connectivity index (χ3v) is 4.07. The minimum Gasteiger partial charge on any atom is -0.341 e. The summed E-state index contributed by atoms with van der Waals surface area (Å²) in [6.45, 7) is 4.13. The van der Waals surface area contributed by atoms with Crippen LogP contribution in [0.15, 0.2) is 34.8 Å². The minimum absolute atomic E-state index is 0.840. The molecule has 21 heavy (non-hydrogen) atoms. The second kappa shape index (κ2) is 6.43. The van der Waals surface area contributed by atoms with E-state index in [4.69, 9.17) is 0 Å². The van der Waals surface area contributed by atoms with E-state index >= 15 is 0 Å². The monoisotopic (exact) mass is 346 g/mol. The van der Waals surface area contributed by atoms with Gasteiger partial charge in [0.05, 0.1) is 0 Å². The lowest BCUT2D eigenvalue weighted by Crippen LogP contribution is -2.31. The fourth-order valence-electron chi connectivity index (χ4n) is 2.57. The number of aromatic nitrogens is 2. The van der Waals surface area contributed by atoms with Crippen LogP contribution in [0.3, 0.4) is 0 Å². The molecule has 0 radical (unpaired) electrons. The second-order valence-electron chi connectivity index (χ2n) is 5.38. The first-order chi connectivity index (χ1) is 10.2. The average Bonchev–Trinajstić information content (AvgIpc) is 2.47. The number of rotatable bonds is 3. The molecule has 0 aliphatic carbocycles. The molecule has 1 aromatic carbocycles. The highest BCUT2D eigenvalue weighted by atomic mass is 79.9. The second-order valence-corrected chi connectivity index (χ2v) is 6.29. The van der Waals surface area contributed by atoms with Gasteiger partial charge in [-0.1, -0.05) is 22.0 Å². The topological polar surface area (TPSA) is 41.1 Å². The molecule has 4 nitrogen and oxygen atoms in total. The summed E-state index contributed by atoms with van der Waals surface area (Å²) >= 11 is 3.49. The smallest absolute Gasteiger partial charge is 0.227 e. The fraction of sp³-hybridized carbons (Fsp3) is 0.375. The summed E-state index contributed by atoms with van der Waals surface area (Å²) in [4.78, 5) is 11.5. The highest BCUT2D eigenvalue weighted by Crippen LogP contribution is 2.22. The number of nitrogens with zero attached hydrogens (tertiary/aromatic N) is 3. The van der Waals surface area contributed by atoms with Crippen molar-refractivity contribution in [3.8, 4) is 0 Å². The van der Waals surface area contributed by atoms with Gasteiger partial charge in [-0.25, -0.2) is 4.98 Å². The molecule has 0 unspecified atom stereocenters. The van der Waals surface area contributed by atoms with E-state index in [2.05, 4.69) is 36.1 Å². The largest absolute Gasteiger partial charge is 0.341 e. The molecular formula is C16H19BrN4. The van der Waals surface area contributed by atoms with Crippen LogP contribution in [-0.2, 0) is 0 Å². The quantitative estimate of drug-likeness (QED) is 0.900. The summed E-state index contributed by atoms with van der Waals surface area (Å²) < 4.78 is 1.05. The van der Waals surface area contributed by atoms with Gasteiger partial charge in [-0.05, 0) is 44.4 Å². The summed E-state index contributed by atoms with van der Waals surface area (Å²) in [6.07, 6.45) is 3.77. The number of piperidine rings is 1. The van der Waals surface area contributed by atoms with E-state index in [-0.39, 0.29) is 0 Å². The molecule has 1 aliphatic heterocycles. The Morgan fingerprint density at radius 2 is 1.90 bits per heavy atom. The van der Waals surface area contributed by atoms with Gasteiger partial charge in [-0.3, -0.25) is 0 Å². The number of halogens is 1. The zero-order valence-electron chi connectivity index (χ0n) is 12.1. The summed E-state index contributed by atoms with van der Waals surface area (Å²) in [7, 11) is 0. The van der Waals surface area contributed by atoms with Gasteiger partial charge in [0.2, 0.25) is 5.95 Å². The number of anilines is 3. The van der Waals surface area contributed by atoms with Crippen LogP contribution in [0.4, 0.5) is 17.5 Å². The molecule has 1 saturated heterocycles. The van der Waals surface area contributed by atoms with Crippen molar-refractivity contribution >= 4 is 33.4 Å². The molecule has 1 fully saturated rings. The van der Waals surface area contributed by atoms with Crippen molar-refractivity contribution in [1.29, 1.82) is 0 Å². The maximum absolute atomic E-state index is 4.67. The highest BCUT2D eigenvalue weighted by Gasteiger charge is 2.14. The number of benzene rings is 1. The zero-order chi connectivity index (χ0) is 14.7. The standard InChI is InChI=1S/C16H19BrN4/c1-12-10-15(19-14-7-5-6-13(17)11-14)20-16(18-12)21-8-3-2-4-9-21/h5-7,10-11H,2-4,8-9H2,1H3,(H,18,19,20). The van der Waals surface area contributed by atoms with E-state index in [1.165, 1.54) is 19.3 Å². The van der Waals surface area contributed by atoms with Crippen molar-refractivity contribution in [3.05, 3.63) is 40.5 Å². The number of hydrogen-bond acceptors (Lipinski definition) is 4. The van der Waals surface area contributed by atoms with Gasteiger partial charge < -0.3 is 10.2 Å². The number of hydrogen-bond donors (Lipinski definition) is 1. The van der Waals surface area contributed by atoms with E-state index in [9.17, 15) is 0 Å². The van der Waals surface area contributed by atoms with Crippen molar-refractivity contribution in [3.63, 3.8) is 0 Å². The molecule has 0 bridgehead atoms. The highest BCUT2D eigenvalue weighted by molar-refractivity contribution is 9.10. The average molecular weight is 347 g/mol. The predicted octanol–water partition coefficient (Wildman–Crippen LogP) is 4.28. The third-order valence-electron chi connectivity index (χ3n) is 3.58. The molecule has 0 spiro atoms. The molecule has 0 saturated carbocycles. The summed E-state index contributed by atoms with van der Waals surface area (Å²) in [6, 6.07) is 10.1. The Morgan fingerprint density at radius 3 is 2.67 bits per heavy atom. The SMILES string of the molecule is Cc1cc(Nc2cccc(Br)c2)nc(N2CCCCC2)n1. The zero-order valence-corrected chi connectivity index (χ0v) is 13.7. The molecule has 2 aromatic rings. The Kier molecular flexibility index (Phi) is 4.39. The van der Waals surface area contributed by atoms with Crippen LogP contribution in [0.5, 0.6) is 0 Å². The van der Waals surface area contributed by atoms with Crippen molar-refractivity contribution in [2.75, 3.05) is 23.3 Å². The summed E-state index contributed by atoms with van der Waals surface area (Å²) in [5.74, 6) is 1.69. The first-order valence-corrected chi connectivity index (χ1v) is 8.13. The van der Waals surface area contributed by atoms with E-state index in [1.54, 1.807) is 0 Å². The van der Waals surface area contributed by atoms with E-state index in [0.717, 1.165) is 40.7 Å². The molecule has 1 N–H and O–H groups in total. The molecule has 110 valence electrons. The first-order valence-electron chi connectivity index (χ1n) is 7.34.